The Labute approximate surface area is 234 Å². The van der Waals surface area contributed by atoms with Gasteiger partial charge in [-0.1, -0.05) is 60.1 Å². The van der Waals surface area contributed by atoms with Gasteiger partial charge >= 0.3 is 0 Å². The molecule has 0 unspecified atom stereocenters. The minimum atomic E-state index is -0.176. The predicted molar refractivity (Wildman–Crippen MR) is 158 cm³/mol. The first-order chi connectivity index (χ1) is 16.4. The zero-order valence-electron chi connectivity index (χ0n) is 18.6. The normalized spacial score (nSPS) is 12.4. The third kappa shape index (κ3) is 5.71. The first kappa shape index (κ1) is 25.3. The Balaban J connectivity index is 1.68. The summed E-state index contributed by atoms with van der Waals surface area (Å²) in [5, 5.41) is 5.12. The van der Waals surface area contributed by atoms with E-state index < -0.39 is 0 Å². The van der Waals surface area contributed by atoms with Gasteiger partial charge in [0.25, 0.3) is 5.56 Å². The monoisotopic (exact) mass is 741 g/mol. The maximum Gasteiger partial charge on any atom is 0.282 e. The summed E-state index contributed by atoms with van der Waals surface area (Å²) >= 11 is 8.00. The SMILES string of the molecule is CC[C@@H](C)c1nc2ccc(Br)cc2c(=O)n1N=Cc1cc(I)c(OCc2ccccc2)c(I)c1. The van der Waals surface area contributed by atoms with E-state index in [-0.39, 0.29) is 11.5 Å². The Hall–Kier alpha value is -1.79. The third-order valence-electron chi connectivity index (χ3n) is 5.46. The van der Waals surface area contributed by atoms with Crippen LogP contribution in [0.4, 0.5) is 0 Å². The molecule has 174 valence electrons. The lowest BCUT2D eigenvalue weighted by Crippen LogP contribution is -2.23. The standard InChI is InChI=1S/C26H22BrI2N3O2/c1-3-16(2)25-31-23-10-9-19(27)13-20(23)26(33)32(25)30-14-18-11-21(28)24(22(29)12-18)34-15-17-7-5-4-6-8-17/h4-14,16H,3,15H2,1-2H3/t16-/m1/s1. The highest BCUT2D eigenvalue weighted by atomic mass is 127. The molecule has 0 aliphatic rings. The fourth-order valence-electron chi connectivity index (χ4n) is 3.43. The molecule has 0 aliphatic heterocycles. The van der Waals surface area contributed by atoms with Crippen molar-refractivity contribution < 1.29 is 4.74 Å². The largest absolute Gasteiger partial charge is 0.487 e. The van der Waals surface area contributed by atoms with Crippen LogP contribution in [0.1, 0.15) is 43.1 Å². The molecule has 34 heavy (non-hydrogen) atoms. The summed E-state index contributed by atoms with van der Waals surface area (Å²) in [6.07, 6.45) is 2.57. The van der Waals surface area contributed by atoms with Crippen LogP contribution in [0.15, 0.2) is 75.0 Å². The van der Waals surface area contributed by atoms with Gasteiger partial charge in [0.2, 0.25) is 0 Å². The van der Waals surface area contributed by atoms with Crippen LogP contribution in [0.25, 0.3) is 10.9 Å². The highest BCUT2D eigenvalue weighted by Crippen LogP contribution is 2.29. The molecular weight excluding hydrogens is 720 g/mol. The third-order valence-corrected chi connectivity index (χ3v) is 7.55. The molecule has 0 aliphatic carbocycles. The second kappa shape index (κ2) is 11.3. The number of benzene rings is 3. The minimum absolute atomic E-state index is 0.0898. The molecule has 5 nitrogen and oxygen atoms in total. The van der Waals surface area contributed by atoms with Gasteiger partial charge in [-0.25, -0.2) is 4.98 Å². The van der Waals surface area contributed by atoms with Crippen molar-refractivity contribution >= 4 is 78.2 Å². The van der Waals surface area contributed by atoms with Crippen molar-refractivity contribution in [3.63, 3.8) is 0 Å². The molecule has 0 saturated carbocycles. The van der Waals surface area contributed by atoms with Crippen LogP contribution in [0.2, 0.25) is 0 Å². The molecule has 0 fully saturated rings. The summed E-state index contributed by atoms with van der Waals surface area (Å²) < 4.78 is 10.3. The molecule has 0 N–H and O–H groups in total. The van der Waals surface area contributed by atoms with E-state index in [2.05, 4.69) is 80.1 Å². The average molecular weight is 742 g/mol. The van der Waals surface area contributed by atoms with Crippen molar-refractivity contribution in [3.05, 3.63) is 99.6 Å². The average Bonchev–Trinajstić information content (AvgIpc) is 2.83. The molecule has 1 aromatic heterocycles. The summed E-state index contributed by atoms with van der Waals surface area (Å²) in [7, 11) is 0. The topological polar surface area (TPSA) is 56.5 Å². The Kier molecular flexibility index (Phi) is 8.41. The van der Waals surface area contributed by atoms with Crippen LogP contribution in [0.3, 0.4) is 0 Å². The minimum Gasteiger partial charge on any atom is -0.487 e. The Morgan fingerprint density at radius 3 is 2.50 bits per heavy atom. The van der Waals surface area contributed by atoms with Gasteiger partial charge in [-0.15, -0.1) is 0 Å². The van der Waals surface area contributed by atoms with Crippen LogP contribution in [-0.2, 0) is 6.61 Å². The van der Waals surface area contributed by atoms with Gasteiger partial charge in [-0.3, -0.25) is 4.79 Å². The van der Waals surface area contributed by atoms with Crippen LogP contribution in [0.5, 0.6) is 5.75 Å². The van der Waals surface area contributed by atoms with Crippen molar-refractivity contribution in [2.75, 3.05) is 0 Å². The van der Waals surface area contributed by atoms with Gasteiger partial charge in [0.1, 0.15) is 18.2 Å². The van der Waals surface area contributed by atoms with E-state index in [0.717, 1.165) is 34.9 Å². The molecule has 1 heterocycles. The fourth-order valence-corrected chi connectivity index (χ4v) is 5.91. The zero-order valence-corrected chi connectivity index (χ0v) is 24.5. The van der Waals surface area contributed by atoms with Crippen molar-refractivity contribution in [2.24, 2.45) is 5.10 Å². The highest BCUT2D eigenvalue weighted by Gasteiger charge is 2.16. The lowest BCUT2D eigenvalue weighted by Gasteiger charge is -2.14. The molecular formula is C26H22BrI2N3O2. The van der Waals surface area contributed by atoms with Gasteiger partial charge in [0.05, 0.1) is 24.3 Å². The predicted octanol–water partition coefficient (Wildman–Crippen LogP) is 7.34. The highest BCUT2D eigenvalue weighted by molar-refractivity contribution is 14.1. The van der Waals surface area contributed by atoms with Crippen LogP contribution in [-0.4, -0.2) is 15.9 Å². The quantitative estimate of drug-likeness (QED) is 0.147. The molecule has 4 aromatic rings. The van der Waals surface area contributed by atoms with Crippen molar-refractivity contribution in [3.8, 4) is 5.75 Å². The summed E-state index contributed by atoms with van der Waals surface area (Å²) in [6.45, 7) is 4.64. The second-order valence-corrected chi connectivity index (χ2v) is 11.1. The molecule has 0 saturated heterocycles. The smallest absolute Gasteiger partial charge is 0.282 e. The summed E-state index contributed by atoms with van der Waals surface area (Å²) in [5.41, 5.74) is 2.51. The Morgan fingerprint density at radius 2 is 1.82 bits per heavy atom. The molecule has 0 amide bonds. The number of fused-ring (bicyclic) bond motifs is 1. The van der Waals surface area contributed by atoms with Crippen LogP contribution < -0.4 is 10.3 Å². The Bertz CT molecular complexity index is 1400. The number of aromatic nitrogens is 2. The van der Waals surface area contributed by atoms with Gasteiger partial charge in [-0.05, 0) is 93.1 Å². The molecule has 0 spiro atoms. The molecule has 3 aromatic carbocycles. The molecule has 1 atom stereocenters. The number of hydrogen-bond donors (Lipinski definition) is 0. The van der Waals surface area contributed by atoms with Crippen molar-refractivity contribution in [2.45, 2.75) is 32.8 Å². The lowest BCUT2D eigenvalue weighted by molar-refractivity contribution is 0.302. The van der Waals surface area contributed by atoms with E-state index in [4.69, 9.17) is 9.72 Å². The number of nitrogens with zero attached hydrogens (tertiary/aromatic N) is 3. The van der Waals surface area contributed by atoms with Gasteiger partial charge in [-0.2, -0.15) is 9.78 Å². The van der Waals surface area contributed by atoms with E-state index in [1.807, 2.05) is 54.6 Å². The summed E-state index contributed by atoms with van der Waals surface area (Å²) in [4.78, 5) is 18.1. The Morgan fingerprint density at radius 1 is 1.12 bits per heavy atom. The first-order valence-corrected chi connectivity index (χ1v) is 13.7. The molecule has 0 bridgehead atoms. The van der Waals surface area contributed by atoms with E-state index in [1.165, 1.54) is 4.68 Å². The second-order valence-electron chi connectivity index (χ2n) is 7.89. The number of rotatable bonds is 7. The van der Waals surface area contributed by atoms with Gasteiger partial charge in [0.15, 0.2) is 0 Å². The van der Waals surface area contributed by atoms with E-state index >= 15 is 0 Å². The van der Waals surface area contributed by atoms with Crippen molar-refractivity contribution in [1.82, 2.24) is 9.66 Å². The maximum atomic E-state index is 13.3. The maximum absolute atomic E-state index is 13.3. The summed E-state index contributed by atoms with van der Waals surface area (Å²) in [5.74, 6) is 1.59. The fraction of sp³-hybridized carbons (Fsp3) is 0.192. The zero-order chi connectivity index (χ0) is 24.2. The molecule has 0 radical (unpaired) electrons. The van der Waals surface area contributed by atoms with E-state index in [1.54, 1.807) is 12.3 Å². The lowest BCUT2D eigenvalue weighted by atomic mass is 10.1. The first-order valence-electron chi connectivity index (χ1n) is 10.8. The molecule has 4 rings (SSSR count). The van der Waals surface area contributed by atoms with E-state index in [0.29, 0.717) is 23.3 Å². The number of halogens is 3. The van der Waals surface area contributed by atoms with Crippen molar-refractivity contribution in [1.29, 1.82) is 0 Å². The number of ether oxygens (including phenoxy) is 1. The van der Waals surface area contributed by atoms with Crippen LogP contribution in [0, 0.1) is 7.14 Å². The summed E-state index contributed by atoms with van der Waals surface area (Å²) in [6, 6.07) is 19.7. The number of hydrogen-bond acceptors (Lipinski definition) is 4. The van der Waals surface area contributed by atoms with Crippen LogP contribution >= 0.6 is 61.1 Å². The van der Waals surface area contributed by atoms with Gasteiger partial charge in [0, 0.05) is 10.4 Å². The molecule has 8 heteroatoms. The van der Waals surface area contributed by atoms with Gasteiger partial charge < -0.3 is 4.74 Å². The van der Waals surface area contributed by atoms with E-state index in [9.17, 15) is 4.79 Å².